The fraction of sp³-hybridized carbons (Fsp3) is 0.467. The van der Waals surface area contributed by atoms with E-state index in [0.29, 0.717) is 0 Å². The molecule has 0 radical (unpaired) electrons. The lowest BCUT2D eigenvalue weighted by molar-refractivity contribution is 0.656. The van der Waals surface area contributed by atoms with Gasteiger partial charge < -0.3 is 5.32 Å². The molecular weight excluding hydrogens is 236 g/mol. The number of nitrogens with zero attached hydrogens (tertiary/aromatic N) is 3. The highest BCUT2D eigenvalue weighted by Gasteiger charge is 2.09. The second-order valence-electron chi connectivity index (χ2n) is 4.74. The average Bonchev–Trinajstić information content (AvgIpc) is 2.67. The summed E-state index contributed by atoms with van der Waals surface area (Å²) in [6.07, 6.45) is 2.95. The number of hydrogen-bond acceptors (Lipinski definition) is 3. The molecule has 19 heavy (non-hydrogen) atoms. The second-order valence-corrected chi connectivity index (χ2v) is 4.74. The summed E-state index contributed by atoms with van der Waals surface area (Å²) in [6.45, 7) is 10.1. The fourth-order valence-corrected chi connectivity index (χ4v) is 2.38. The van der Waals surface area contributed by atoms with Crippen molar-refractivity contribution in [3.8, 4) is 0 Å². The Hall–Kier alpha value is -1.84. The van der Waals surface area contributed by atoms with Crippen molar-refractivity contribution in [2.45, 2.75) is 40.7 Å². The number of anilines is 1. The molecule has 2 aromatic heterocycles. The van der Waals surface area contributed by atoms with Gasteiger partial charge in [0.2, 0.25) is 0 Å². The average molecular weight is 258 g/mol. The molecule has 0 atom stereocenters. The predicted molar refractivity (Wildman–Crippen MR) is 78.6 cm³/mol. The molecule has 4 nitrogen and oxygen atoms in total. The molecule has 2 heterocycles. The molecule has 102 valence electrons. The van der Waals surface area contributed by atoms with Crippen LogP contribution >= 0.6 is 0 Å². The number of nitrogens with one attached hydrogen (secondary N) is 1. The molecule has 0 aliphatic heterocycles. The Morgan fingerprint density at radius 1 is 1.21 bits per heavy atom. The third kappa shape index (κ3) is 2.95. The number of aromatic nitrogens is 3. The van der Waals surface area contributed by atoms with Crippen LogP contribution in [0.2, 0.25) is 0 Å². The Balaban J connectivity index is 2.17. The van der Waals surface area contributed by atoms with E-state index >= 15 is 0 Å². The molecule has 4 heteroatoms. The molecule has 0 bridgehead atoms. The van der Waals surface area contributed by atoms with Gasteiger partial charge in [-0.05, 0) is 44.4 Å². The molecule has 0 saturated heterocycles. The monoisotopic (exact) mass is 258 g/mol. The highest BCUT2D eigenvalue weighted by molar-refractivity contribution is 5.35. The maximum absolute atomic E-state index is 4.61. The minimum atomic E-state index is 0.784. The maximum Gasteiger partial charge on any atom is 0.125 e. The minimum Gasteiger partial charge on any atom is -0.370 e. The summed E-state index contributed by atoms with van der Waals surface area (Å²) >= 11 is 0. The van der Waals surface area contributed by atoms with Crippen molar-refractivity contribution in [3.63, 3.8) is 0 Å². The molecular formula is C15H22N4. The quantitative estimate of drug-likeness (QED) is 0.896. The van der Waals surface area contributed by atoms with Gasteiger partial charge in [-0.15, -0.1) is 0 Å². The summed E-state index contributed by atoms with van der Waals surface area (Å²) in [7, 11) is 0. The molecule has 0 unspecified atom stereocenters. The topological polar surface area (TPSA) is 42.7 Å². The first-order valence-electron chi connectivity index (χ1n) is 6.87. The molecule has 1 N–H and O–H groups in total. The highest BCUT2D eigenvalue weighted by atomic mass is 15.3. The molecule has 0 aliphatic rings. The van der Waals surface area contributed by atoms with E-state index in [4.69, 9.17) is 0 Å². The van der Waals surface area contributed by atoms with Crippen molar-refractivity contribution in [1.29, 1.82) is 0 Å². The Bertz CT molecular complexity index is 540. The Labute approximate surface area is 114 Å². The van der Waals surface area contributed by atoms with Crippen LogP contribution in [0.5, 0.6) is 0 Å². The minimum absolute atomic E-state index is 0.784. The third-order valence-corrected chi connectivity index (χ3v) is 3.40. The largest absolute Gasteiger partial charge is 0.370 e. The van der Waals surface area contributed by atoms with Gasteiger partial charge in [-0.3, -0.25) is 4.68 Å². The number of pyridine rings is 1. The summed E-state index contributed by atoms with van der Waals surface area (Å²) in [4.78, 5) is 4.39. The van der Waals surface area contributed by atoms with Crippen LogP contribution in [0.1, 0.15) is 36.4 Å². The van der Waals surface area contributed by atoms with Crippen LogP contribution in [0.25, 0.3) is 0 Å². The molecule has 0 amide bonds. The van der Waals surface area contributed by atoms with E-state index in [9.17, 15) is 0 Å². The van der Waals surface area contributed by atoms with Crippen molar-refractivity contribution < 1.29 is 0 Å². The lowest BCUT2D eigenvalue weighted by atomic mass is 10.1. The van der Waals surface area contributed by atoms with Gasteiger partial charge in [0.25, 0.3) is 0 Å². The van der Waals surface area contributed by atoms with Gasteiger partial charge in [-0.1, -0.05) is 13.0 Å². The second kappa shape index (κ2) is 5.87. The maximum atomic E-state index is 4.61. The van der Waals surface area contributed by atoms with Gasteiger partial charge in [0.15, 0.2) is 0 Å². The Morgan fingerprint density at radius 3 is 2.53 bits per heavy atom. The van der Waals surface area contributed by atoms with Gasteiger partial charge in [0, 0.05) is 18.4 Å². The van der Waals surface area contributed by atoms with Crippen LogP contribution in [0.4, 0.5) is 5.82 Å². The van der Waals surface area contributed by atoms with Gasteiger partial charge in [0.05, 0.1) is 12.2 Å². The molecule has 0 spiro atoms. The van der Waals surface area contributed by atoms with Crippen molar-refractivity contribution in [2.24, 2.45) is 0 Å². The standard InChI is InChI=1S/C15H22N4/c1-5-14-11(3)18-19(12(14)4)10-13-7-8-15(16-6-2)17-9-13/h7-9H,5-6,10H2,1-4H3,(H,16,17). The molecule has 0 saturated carbocycles. The van der Waals surface area contributed by atoms with Gasteiger partial charge in [0.1, 0.15) is 5.82 Å². The van der Waals surface area contributed by atoms with Crippen LogP contribution in [-0.2, 0) is 13.0 Å². The first-order valence-corrected chi connectivity index (χ1v) is 6.87. The van der Waals surface area contributed by atoms with E-state index in [1.54, 1.807) is 0 Å². The lowest BCUT2D eigenvalue weighted by Crippen LogP contribution is -2.05. The van der Waals surface area contributed by atoms with E-state index in [2.05, 4.69) is 53.8 Å². The van der Waals surface area contributed by atoms with Crippen molar-refractivity contribution in [1.82, 2.24) is 14.8 Å². The summed E-state index contributed by atoms with van der Waals surface area (Å²) in [5.41, 5.74) is 4.93. The van der Waals surface area contributed by atoms with E-state index in [1.165, 1.54) is 16.8 Å². The smallest absolute Gasteiger partial charge is 0.125 e. The van der Waals surface area contributed by atoms with Gasteiger partial charge >= 0.3 is 0 Å². The SMILES string of the molecule is CCNc1ccc(Cn2nc(C)c(CC)c2C)cn1. The zero-order chi connectivity index (χ0) is 13.8. The van der Waals surface area contributed by atoms with Crippen LogP contribution in [0, 0.1) is 13.8 Å². The Kier molecular flexibility index (Phi) is 4.20. The zero-order valence-corrected chi connectivity index (χ0v) is 12.2. The summed E-state index contributed by atoms with van der Waals surface area (Å²) in [5, 5.41) is 7.81. The van der Waals surface area contributed by atoms with Crippen molar-refractivity contribution >= 4 is 5.82 Å². The normalized spacial score (nSPS) is 10.7. The first kappa shape index (κ1) is 13.6. The molecule has 0 aromatic carbocycles. The summed E-state index contributed by atoms with van der Waals surface area (Å²) < 4.78 is 2.07. The molecule has 0 fully saturated rings. The van der Waals surface area contributed by atoms with E-state index in [-0.39, 0.29) is 0 Å². The number of hydrogen-bond donors (Lipinski definition) is 1. The predicted octanol–water partition coefficient (Wildman–Crippen LogP) is 2.94. The highest BCUT2D eigenvalue weighted by Crippen LogP contribution is 2.15. The van der Waals surface area contributed by atoms with Crippen molar-refractivity contribution in [2.75, 3.05) is 11.9 Å². The van der Waals surface area contributed by atoms with E-state index < -0.39 is 0 Å². The number of rotatable bonds is 5. The van der Waals surface area contributed by atoms with Crippen LogP contribution in [-0.4, -0.2) is 21.3 Å². The first-order chi connectivity index (χ1) is 9.15. The van der Waals surface area contributed by atoms with Gasteiger partial charge in [-0.25, -0.2) is 4.98 Å². The molecule has 2 aromatic rings. The summed E-state index contributed by atoms with van der Waals surface area (Å²) in [5.74, 6) is 0.925. The molecule has 0 aliphatic carbocycles. The van der Waals surface area contributed by atoms with Crippen LogP contribution in [0.15, 0.2) is 18.3 Å². The van der Waals surface area contributed by atoms with Gasteiger partial charge in [-0.2, -0.15) is 5.10 Å². The molecule has 2 rings (SSSR count). The zero-order valence-electron chi connectivity index (χ0n) is 12.2. The van der Waals surface area contributed by atoms with Crippen LogP contribution in [0.3, 0.4) is 0 Å². The van der Waals surface area contributed by atoms with Crippen LogP contribution < -0.4 is 5.32 Å². The van der Waals surface area contributed by atoms with E-state index in [1.807, 2.05) is 12.3 Å². The van der Waals surface area contributed by atoms with Crippen molar-refractivity contribution in [3.05, 3.63) is 40.8 Å². The fourth-order valence-electron chi connectivity index (χ4n) is 2.38. The Morgan fingerprint density at radius 2 is 2.00 bits per heavy atom. The number of aryl methyl sites for hydroxylation is 1. The van der Waals surface area contributed by atoms with E-state index in [0.717, 1.165) is 31.0 Å². The summed E-state index contributed by atoms with van der Waals surface area (Å²) in [6, 6.07) is 4.12. The lowest BCUT2D eigenvalue weighted by Gasteiger charge is -2.06. The third-order valence-electron chi connectivity index (χ3n) is 3.40.